The van der Waals surface area contributed by atoms with Crippen LogP contribution in [-0.4, -0.2) is 31.6 Å². The van der Waals surface area contributed by atoms with Crippen molar-refractivity contribution < 1.29 is 4.74 Å². The van der Waals surface area contributed by atoms with Gasteiger partial charge in [0.2, 0.25) is 0 Å². The van der Waals surface area contributed by atoms with Crippen LogP contribution in [0.25, 0.3) is 0 Å². The van der Waals surface area contributed by atoms with Crippen LogP contribution in [0.1, 0.15) is 65.0 Å². The predicted octanol–water partition coefficient (Wildman–Crippen LogP) is 9.10. The maximum atomic E-state index is 6.18. The average molecular weight is 545 g/mol. The van der Waals surface area contributed by atoms with Crippen LogP contribution in [0.3, 0.4) is 0 Å². The van der Waals surface area contributed by atoms with Gasteiger partial charge < -0.3 is 10.1 Å². The van der Waals surface area contributed by atoms with E-state index in [1.165, 1.54) is 37.9 Å². The molecule has 37 heavy (non-hydrogen) atoms. The maximum Gasteiger partial charge on any atom is 0.118 e. The summed E-state index contributed by atoms with van der Waals surface area (Å²) in [5.41, 5.74) is 5.22. The molecule has 1 fully saturated rings. The van der Waals surface area contributed by atoms with E-state index in [2.05, 4.69) is 35.7 Å². The summed E-state index contributed by atoms with van der Waals surface area (Å²) in [4.78, 5) is 8.80. The van der Waals surface area contributed by atoms with Crippen LogP contribution in [-0.2, 0) is 0 Å². The summed E-state index contributed by atoms with van der Waals surface area (Å²) in [6, 6.07) is 13.4. The van der Waals surface area contributed by atoms with Crippen molar-refractivity contribution in [1.29, 1.82) is 0 Å². The molecule has 1 N–H and O–H groups in total. The third-order valence-corrected chi connectivity index (χ3v) is 6.36. The molecule has 202 valence electrons. The Balaban J connectivity index is 0.000000328. The lowest BCUT2D eigenvalue weighted by Crippen LogP contribution is -2.29. The van der Waals surface area contributed by atoms with Crippen molar-refractivity contribution in [3.8, 4) is 5.75 Å². The van der Waals surface area contributed by atoms with Crippen molar-refractivity contribution in [3.05, 3.63) is 87.7 Å². The SMILES string of the molecule is C=C(C)/C(=C\N=C(C)C)N=C(C)c1c(Cl)cccc1Cl.CCC1CCCNC1.COc1ccc(C)cc1. The second-order valence-electron chi connectivity index (χ2n) is 9.30. The van der Waals surface area contributed by atoms with E-state index in [9.17, 15) is 0 Å². The van der Waals surface area contributed by atoms with Gasteiger partial charge in [-0.3, -0.25) is 9.98 Å². The minimum absolute atomic E-state index is 0.579. The molecule has 3 rings (SSSR count). The number of methoxy groups -OCH3 is 1. The van der Waals surface area contributed by atoms with E-state index in [0.717, 1.165) is 34.2 Å². The highest BCUT2D eigenvalue weighted by Crippen LogP contribution is 2.26. The lowest BCUT2D eigenvalue weighted by Gasteiger charge is -2.20. The van der Waals surface area contributed by atoms with E-state index in [-0.39, 0.29) is 0 Å². The molecular formula is C31H43Cl2N3O. The standard InChI is InChI=1S/C16H18Cl2N2.C8H10O.C7H15N/c1-10(2)15(9-19-11(3)4)20-12(5)16-13(17)7-6-8-14(16)18;1-7-3-5-8(9-2)6-4-7;1-2-7-4-3-5-8-6-7/h6-9H,1H2,2-5H3;3-6H,1-2H3;7-8H,2-6H2,1H3/b15-9+,20-12?;;. The Morgan fingerprint density at radius 1 is 1.08 bits per heavy atom. The normalized spacial score (nSPS) is 15.4. The van der Waals surface area contributed by atoms with Crippen molar-refractivity contribution in [2.45, 2.75) is 60.8 Å². The molecule has 1 unspecified atom stereocenters. The predicted molar refractivity (Wildman–Crippen MR) is 164 cm³/mol. The summed E-state index contributed by atoms with van der Waals surface area (Å²) in [7, 11) is 1.67. The Labute approximate surface area is 234 Å². The molecule has 0 bridgehead atoms. The first-order valence-electron chi connectivity index (χ1n) is 12.8. The Morgan fingerprint density at radius 3 is 2.14 bits per heavy atom. The Hall–Kier alpha value is -2.40. The molecule has 0 spiro atoms. The highest BCUT2D eigenvalue weighted by atomic mass is 35.5. The van der Waals surface area contributed by atoms with E-state index in [1.807, 2.05) is 58.0 Å². The average Bonchev–Trinajstić information content (AvgIpc) is 2.88. The fourth-order valence-electron chi connectivity index (χ4n) is 3.45. The quantitative estimate of drug-likeness (QED) is 0.291. The lowest BCUT2D eigenvalue weighted by molar-refractivity contribution is 0.369. The highest BCUT2D eigenvalue weighted by Gasteiger charge is 2.10. The largest absolute Gasteiger partial charge is 0.497 e. The van der Waals surface area contributed by atoms with Crippen LogP contribution in [0.15, 0.2) is 76.5 Å². The zero-order valence-corrected chi connectivity index (χ0v) is 25.0. The molecule has 0 aliphatic carbocycles. The van der Waals surface area contributed by atoms with Crippen LogP contribution in [0, 0.1) is 12.8 Å². The van der Waals surface area contributed by atoms with Crippen LogP contribution in [0.5, 0.6) is 5.75 Å². The van der Waals surface area contributed by atoms with Gasteiger partial charge in [-0.05, 0) is 96.3 Å². The van der Waals surface area contributed by atoms with E-state index in [1.54, 1.807) is 25.4 Å². The monoisotopic (exact) mass is 543 g/mol. The van der Waals surface area contributed by atoms with Gasteiger partial charge in [0.25, 0.3) is 0 Å². The van der Waals surface area contributed by atoms with E-state index in [0.29, 0.717) is 15.7 Å². The fourth-order valence-corrected chi connectivity index (χ4v) is 4.12. The van der Waals surface area contributed by atoms with Crippen LogP contribution in [0.2, 0.25) is 10.0 Å². The maximum absolute atomic E-state index is 6.18. The van der Waals surface area contributed by atoms with E-state index < -0.39 is 0 Å². The number of benzene rings is 2. The number of halogens is 2. The van der Waals surface area contributed by atoms with Gasteiger partial charge in [-0.15, -0.1) is 0 Å². The molecule has 2 aromatic rings. The molecule has 2 aromatic carbocycles. The summed E-state index contributed by atoms with van der Waals surface area (Å²) >= 11 is 12.4. The summed E-state index contributed by atoms with van der Waals surface area (Å²) in [5, 5.41) is 4.54. The van der Waals surface area contributed by atoms with Gasteiger partial charge in [0.05, 0.1) is 29.1 Å². The van der Waals surface area contributed by atoms with Crippen molar-refractivity contribution >= 4 is 34.6 Å². The number of nitrogens with one attached hydrogen (secondary N) is 1. The van der Waals surface area contributed by atoms with E-state index in [4.69, 9.17) is 27.9 Å². The topological polar surface area (TPSA) is 46.0 Å². The van der Waals surface area contributed by atoms with Gasteiger partial charge in [0, 0.05) is 17.0 Å². The number of ether oxygens (including phenoxy) is 1. The molecular weight excluding hydrogens is 501 g/mol. The lowest BCUT2D eigenvalue weighted by atomic mass is 9.97. The first-order chi connectivity index (χ1) is 17.6. The first-order valence-corrected chi connectivity index (χ1v) is 13.5. The summed E-state index contributed by atoms with van der Waals surface area (Å²) < 4.78 is 4.97. The number of piperidine rings is 1. The molecule has 0 saturated carbocycles. The van der Waals surface area contributed by atoms with Gasteiger partial charge in [-0.2, -0.15) is 0 Å². The molecule has 1 atom stereocenters. The fraction of sp³-hybridized carbons (Fsp3) is 0.419. The Kier molecular flexibility index (Phi) is 15.8. The molecule has 1 heterocycles. The first kappa shape index (κ1) is 32.6. The summed E-state index contributed by atoms with van der Waals surface area (Å²) in [5.74, 6) is 1.89. The van der Waals surface area contributed by atoms with Gasteiger partial charge >= 0.3 is 0 Å². The number of rotatable bonds is 6. The second kappa shape index (κ2) is 18.0. The van der Waals surface area contributed by atoms with Crippen molar-refractivity contribution in [2.24, 2.45) is 15.9 Å². The molecule has 4 nitrogen and oxygen atoms in total. The van der Waals surface area contributed by atoms with E-state index >= 15 is 0 Å². The smallest absolute Gasteiger partial charge is 0.118 e. The Bertz CT molecular complexity index is 1040. The third-order valence-electron chi connectivity index (χ3n) is 5.73. The highest BCUT2D eigenvalue weighted by molar-refractivity contribution is 6.40. The molecule has 1 aliphatic heterocycles. The van der Waals surface area contributed by atoms with Crippen molar-refractivity contribution in [3.63, 3.8) is 0 Å². The summed E-state index contributed by atoms with van der Waals surface area (Å²) in [6.07, 6.45) is 5.89. The van der Waals surface area contributed by atoms with Crippen LogP contribution >= 0.6 is 23.2 Å². The molecule has 1 saturated heterocycles. The van der Waals surface area contributed by atoms with Gasteiger partial charge in [-0.1, -0.05) is 66.9 Å². The molecule has 1 aliphatic rings. The van der Waals surface area contributed by atoms with Crippen molar-refractivity contribution in [1.82, 2.24) is 5.32 Å². The molecule has 0 amide bonds. The van der Waals surface area contributed by atoms with Gasteiger partial charge in [-0.25, -0.2) is 0 Å². The third kappa shape index (κ3) is 13.1. The Morgan fingerprint density at radius 2 is 1.70 bits per heavy atom. The number of hydrogen-bond acceptors (Lipinski definition) is 4. The van der Waals surface area contributed by atoms with Gasteiger partial charge in [0.1, 0.15) is 5.75 Å². The second-order valence-corrected chi connectivity index (χ2v) is 10.1. The number of aryl methyl sites for hydroxylation is 1. The minimum atomic E-state index is 0.579. The number of nitrogens with zero attached hydrogens (tertiary/aromatic N) is 2. The minimum Gasteiger partial charge on any atom is -0.497 e. The zero-order valence-electron chi connectivity index (χ0n) is 23.5. The molecule has 6 heteroatoms. The van der Waals surface area contributed by atoms with Crippen LogP contribution in [0.4, 0.5) is 0 Å². The van der Waals surface area contributed by atoms with Gasteiger partial charge in [0.15, 0.2) is 0 Å². The number of allylic oxidation sites excluding steroid dienone is 1. The summed E-state index contributed by atoms with van der Waals surface area (Å²) in [6.45, 7) is 18.4. The number of hydrogen-bond donors (Lipinski definition) is 1. The zero-order chi connectivity index (χ0) is 27.8. The van der Waals surface area contributed by atoms with Crippen molar-refractivity contribution in [2.75, 3.05) is 20.2 Å². The van der Waals surface area contributed by atoms with Crippen LogP contribution < -0.4 is 10.1 Å². The molecule has 0 aromatic heterocycles. The number of aliphatic imine (C=N–C) groups is 2. The molecule has 0 radical (unpaired) electrons.